The van der Waals surface area contributed by atoms with E-state index >= 15 is 0 Å². The Morgan fingerprint density at radius 1 is 1.04 bits per heavy atom. The van der Waals surface area contributed by atoms with Crippen LogP contribution in [0.4, 0.5) is 5.69 Å². The SMILES string of the molecule is CCC(CC)C(=O)Nc1ccc(-c2cccc3cc[nH]c23)cc1. The van der Waals surface area contributed by atoms with Crippen LogP contribution in [0.1, 0.15) is 26.7 Å². The maximum Gasteiger partial charge on any atom is 0.227 e. The van der Waals surface area contributed by atoms with Gasteiger partial charge in [0.15, 0.2) is 0 Å². The van der Waals surface area contributed by atoms with Gasteiger partial charge in [-0.2, -0.15) is 0 Å². The van der Waals surface area contributed by atoms with Crippen LogP contribution in [0.15, 0.2) is 54.7 Å². The lowest BCUT2D eigenvalue weighted by atomic mass is 10.0. The summed E-state index contributed by atoms with van der Waals surface area (Å²) in [5.74, 6) is 0.191. The highest BCUT2D eigenvalue weighted by Gasteiger charge is 2.14. The van der Waals surface area contributed by atoms with E-state index in [0.717, 1.165) is 29.6 Å². The highest BCUT2D eigenvalue weighted by molar-refractivity contribution is 5.95. The molecule has 3 aromatic rings. The largest absolute Gasteiger partial charge is 0.361 e. The number of rotatable bonds is 5. The zero-order valence-electron chi connectivity index (χ0n) is 13.6. The van der Waals surface area contributed by atoms with Crippen LogP contribution in [-0.2, 0) is 4.79 Å². The van der Waals surface area contributed by atoms with E-state index in [9.17, 15) is 4.79 Å². The van der Waals surface area contributed by atoms with Gasteiger partial charge in [-0.25, -0.2) is 0 Å². The van der Waals surface area contributed by atoms with Gasteiger partial charge in [0.05, 0.1) is 5.52 Å². The maximum atomic E-state index is 12.2. The van der Waals surface area contributed by atoms with Gasteiger partial charge in [-0.15, -0.1) is 0 Å². The fraction of sp³-hybridized carbons (Fsp3) is 0.250. The second-order valence-corrected chi connectivity index (χ2v) is 5.83. The van der Waals surface area contributed by atoms with Gasteiger partial charge in [0.25, 0.3) is 0 Å². The molecule has 0 aliphatic heterocycles. The first kappa shape index (κ1) is 15.3. The lowest BCUT2D eigenvalue weighted by molar-refractivity contribution is -0.120. The normalized spacial score (nSPS) is 11.1. The van der Waals surface area contributed by atoms with Crippen molar-refractivity contribution in [1.82, 2.24) is 4.98 Å². The summed E-state index contributed by atoms with van der Waals surface area (Å²) in [6.45, 7) is 4.10. The molecule has 2 aromatic carbocycles. The average molecular weight is 306 g/mol. The summed E-state index contributed by atoms with van der Waals surface area (Å²) in [5.41, 5.74) is 4.30. The number of aromatic amines is 1. The number of para-hydroxylation sites is 1. The molecule has 0 atom stereocenters. The number of carbonyl (C=O) groups is 1. The molecular weight excluding hydrogens is 284 g/mol. The third kappa shape index (κ3) is 3.14. The van der Waals surface area contributed by atoms with Crippen molar-refractivity contribution in [3.63, 3.8) is 0 Å². The van der Waals surface area contributed by atoms with Gasteiger partial charge in [-0.05, 0) is 42.0 Å². The molecule has 3 nitrogen and oxygen atoms in total. The first-order valence-electron chi connectivity index (χ1n) is 8.20. The molecule has 0 saturated carbocycles. The van der Waals surface area contributed by atoms with Crippen LogP contribution in [0.5, 0.6) is 0 Å². The number of hydrogen-bond acceptors (Lipinski definition) is 1. The number of nitrogens with one attached hydrogen (secondary N) is 2. The number of aromatic nitrogens is 1. The van der Waals surface area contributed by atoms with E-state index in [1.807, 2.05) is 32.2 Å². The molecule has 0 saturated heterocycles. The fourth-order valence-corrected chi connectivity index (χ4v) is 2.96. The Balaban J connectivity index is 1.82. The number of H-pyrrole nitrogens is 1. The van der Waals surface area contributed by atoms with Gasteiger partial charge in [-0.3, -0.25) is 4.79 Å². The molecule has 0 unspecified atom stereocenters. The van der Waals surface area contributed by atoms with Crippen LogP contribution >= 0.6 is 0 Å². The molecule has 2 N–H and O–H groups in total. The van der Waals surface area contributed by atoms with E-state index < -0.39 is 0 Å². The van der Waals surface area contributed by atoms with Gasteiger partial charge in [0.2, 0.25) is 5.91 Å². The van der Waals surface area contributed by atoms with Crippen LogP contribution in [0.2, 0.25) is 0 Å². The van der Waals surface area contributed by atoms with Crippen molar-refractivity contribution < 1.29 is 4.79 Å². The minimum atomic E-state index is 0.0855. The van der Waals surface area contributed by atoms with E-state index in [0.29, 0.717) is 0 Å². The first-order valence-corrected chi connectivity index (χ1v) is 8.20. The van der Waals surface area contributed by atoms with Crippen LogP contribution in [0.3, 0.4) is 0 Å². The number of fused-ring (bicyclic) bond motifs is 1. The highest BCUT2D eigenvalue weighted by Crippen LogP contribution is 2.28. The molecule has 3 heteroatoms. The molecule has 0 radical (unpaired) electrons. The summed E-state index contributed by atoms with van der Waals surface area (Å²) in [6, 6.07) is 16.4. The zero-order chi connectivity index (χ0) is 16.2. The number of amides is 1. The minimum absolute atomic E-state index is 0.0855. The third-order valence-corrected chi connectivity index (χ3v) is 4.41. The van der Waals surface area contributed by atoms with Gasteiger partial charge >= 0.3 is 0 Å². The predicted octanol–water partition coefficient (Wildman–Crippen LogP) is 5.21. The molecule has 0 bridgehead atoms. The number of anilines is 1. The van der Waals surface area contributed by atoms with Crippen molar-refractivity contribution in [3.8, 4) is 11.1 Å². The Labute approximate surface area is 136 Å². The average Bonchev–Trinajstić information content (AvgIpc) is 3.05. The van der Waals surface area contributed by atoms with Crippen LogP contribution in [0, 0.1) is 5.92 Å². The molecule has 3 rings (SSSR count). The quantitative estimate of drug-likeness (QED) is 0.667. The van der Waals surface area contributed by atoms with Crippen molar-refractivity contribution in [1.29, 1.82) is 0 Å². The summed E-state index contributed by atoms with van der Waals surface area (Å²) in [5, 5.41) is 4.21. The van der Waals surface area contributed by atoms with Gasteiger partial charge < -0.3 is 10.3 Å². The number of carbonyl (C=O) groups excluding carboxylic acids is 1. The Hall–Kier alpha value is -2.55. The second-order valence-electron chi connectivity index (χ2n) is 5.83. The summed E-state index contributed by atoms with van der Waals surface area (Å²) >= 11 is 0. The maximum absolute atomic E-state index is 12.2. The highest BCUT2D eigenvalue weighted by atomic mass is 16.1. The van der Waals surface area contributed by atoms with Crippen LogP contribution in [-0.4, -0.2) is 10.9 Å². The third-order valence-electron chi connectivity index (χ3n) is 4.41. The molecule has 0 aliphatic carbocycles. The predicted molar refractivity (Wildman–Crippen MR) is 96.4 cm³/mol. The van der Waals surface area contributed by atoms with Crippen LogP contribution in [0.25, 0.3) is 22.0 Å². The van der Waals surface area contributed by atoms with E-state index in [1.54, 1.807) is 0 Å². The lowest BCUT2D eigenvalue weighted by Crippen LogP contribution is -2.21. The molecule has 1 aromatic heterocycles. The molecule has 0 aliphatic rings. The molecule has 1 amide bonds. The topological polar surface area (TPSA) is 44.9 Å². The smallest absolute Gasteiger partial charge is 0.227 e. The standard InChI is InChI=1S/C20H22N2O/c1-3-14(4-2)20(23)22-17-10-8-15(9-11-17)18-7-5-6-16-12-13-21-19(16)18/h5-14,21H,3-4H2,1-2H3,(H,22,23). The summed E-state index contributed by atoms with van der Waals surface area (Å²) in [7, 11) is 0. The summed E-state index contributed by atoms with van der Waals surface area (Å²) in [4.78, 5) is 15.4. The zero-order valence-corrected chi connectivity index (χ0v) is 13.6. The molecule has 0 spiro atoms. The minimum Gasteiger partial charge on any atom is -0.361 e. The molecule has 118 valence electrons. The molecule has 23 heavy (non-hydrogen) atoms. The molecule has 0 fully saturated rings. The Bertz CT molecular complexity index is 798. The Morgan fingerprint density at radius 3 is 2.48 bits per heavy atom. The van der Waals surface area contributed by atoms with Crippen molar-refractivity contribution in [2.24, 2.45) is 5.92 Å². The summed E-state index contributed by atoms with van der Waals surface area (Å²) in [6.07, 6.45) is 3.70. The van der Waals surface area contributed by atoms with E-state index in [2.05, 4.69) is 46.7 Å². The van der Waals surface area contributed by atoms with E-state index in [-0.39, 0.29) is 11.8 Å². The van der Waals surface area contributed by atoms with E-state index in [1.165, 1.54) is 10.9 Å². The summed E-state index contributed by atoms with van der Waals surface area (Å²) < 4.78 is 0. The van der Waals surface area contributed by atoms with Crippen molar-refractivity contribution in [3.05, 3.63) is 54.7 Å². The Morgan fingerprint density at radius 2 is 1.78 bits per heavy atom. The second kappa shape index (κ2) is 6.69. The Kier molecular flexibility index (Phi) is 4.47. The molecular formula is C20H22N2O. The first-order chi connectivity index (χ1) is 11.2. The van der Waals surface area contributed by atoms with Gasteiger partial charge in [0, 0.05) is 23.4 Å². The van der Waals surface area contributed by atoms with Gasteiger partial charge in [-0.1, -0.05) is 44.2 Å². The van der Waals surface area contributed by atoms with Gasteiger partial charge in [0.1, 0.15) is 0 Å². The van der Waals surface area contributed by atoms with Crippen molar-refractivity contribution in [2.45, 2.75) is 26.7 Å². The van der Waals surface area contributed by atoms with Crippen molar-refractivity contribution in [2.75, 3.05) is 5.32 Å². The fourth-order valence-electron chi connectivity index (χ4n) is 2.96. The van der Waals surface area contributed by atoms with Crippen molar-refractivity contribution >= 4 is 22.5 Å². The van der Waals surface area contributed by atoms with E-state index in [4.69, 9.17) is 0 Å². The number of hydrogen-bond donors (Lipinski definition) is 2. The number of benzene rings is 2. The molecule has 1 heterocycles. The monoisotopic (exact) mass is 306 g/mol. The van der Waals surface area contributed by atoms with Crippen LogP contribution < -0.4 is 5.32 Å². The lowest BCUT2D eigenvalue weighted by Gasteiger charge is -2.13.